The van der Waals surface area contributed by atoms with Gasteiger partial charge in [-0.2, -0.15) is 0 Å². The lowest BCUT2D eigenvalue weighted by Crippen LogP contribution is -2.51. The van der Waals surface area contributed by atoms with E-state index in [2.05, 4.69) is 51.1 Å². The van der Waals surface area contributed by atoms with Gasteiger partial charge in [0.15, 0.2) is 23.0 Å². The second-order valence-corrected chi connectivity index (χ2v) is 11.1. The molecule has 3 aromatic carbocycles. The first-order chi connectivity index (χ1) is 20.1. The van der Waals surface area contributed by atoms with Gasteiger partial charge in [-0.05, 0) is 66.9 Å². The Bertz CT molecular complexity index is 1320. The van der Waals surface area contributed by atoms with Crippen molar-refractivity contribution in [2.75, 3.05) is 53.2 Å². The van der Waals surface area contributed by atoms with Gasteiger partial charge in [0.2, 0.25) is 12.7 Å². The molecule has 0 unspecified atom stereocenters. The molecule has 3 heterocycles. The van der Waals surface area contributed by atoms with Crippen molar-refractivity contribution in [2.24, 2.45) is 5.92 Å². The first-order valence-corrected chi connectivity index (χ1v) is 14.6. The van der Waals surface area contributed by atoms with Crippen molar-refractivity contribution >= 4 is 5.91 Å². The summed E-state index contributed by atoms with van der Waals surface area (Å²) in [5, 5.41) is 0. The second kappa shape index (κ2) is 12.8. The Morgan fingerprint density at radius 1 is 0.756 bits per heavy atom. The number of nitrogens with zero attached hydrogens (tertiary/aromatic N) is 3. The number of amides is 1. The smallest absolute Gasteiger partial charge is 0.231 e. The summed E-state index contributed by atoms with van der Waals surface area (Å²) < 4.78 is 22.6. The number of piperazine rings is 1. The van der Waals surface area contributed by atoms with Crippen molar-refractivity contribution in [2.45, 2.75) is 32.5 Å². The van der Waals surface area contributed by atoms with Crippen LogP contribution in [0.5, 0.6) is 23.0 Å². The van der Waals surface area contributed by atoms with E-state index in [4.69, 9.17) is 18.9 Å². The zero-order valence-electron chi connectivity index (χ0n) is 23.8. The van der Waals surface area contributed by atoms with E-state index in [1.165, 1.54) is 11.1 Å². The monoisotopic (exact) mass is 557 g/mol. The van der Waals surface area contributed by atoms with E-state index in [-0.39, 0.29) is 5.92 Å². The van der Waals surface area contributed by atoms with Crippen molar-refractivity contribution in [3.63, 3.8) is 0 Å². The van der Waals surface area contributed by atoms with Crippen LogP contribution in [-0.4, -0.2) is 73.8 Å². The van der Waals surface area contributed by atoms with Crippen LogP contribution < -0.4 is 18.9 Å². The van der Waals surface area contributed by atoms with Crippen molar-refractivity contribution in [1.29, 1.82) is 0 Å². The van der Waals surface area contributed by atoms with Crippen LogP contribution >= 0.6 is 0 Å². The number of likely N-dealkylation sites (tertiary alicyclic amines) is 1. The minimum Gasteiger partial charge on any atom is -0.493 e. The van der Waals surface area contributed by atoms with Crippen molar-refractivity contribution in [3.8, 4) is 23.0 Å². The van der Waals surface area contributed by atoms with Crippen LogP contribution in [0.25, 0.3) is 0 Å². The quantitative estimate of drug-likeness (QED) is 0.382. The van der Waals surface area contributed by atoms with Gasteiger partial charge in [0.25, 0.3) is 0 Å². The number of fused-ring (bicyclic) bond motifs is 1. The zero-order chi connectivity index (χ0) is 28.0. The molecule has 41 heavy (non-hydrogen) atoms. The number of hydrogen-bond acceptors (Lipinski definition) is 7. The minimum atomic E-state index is 0.120. The normalized spacial score (nSPS) is 17.9. The third-order valence-corrected chi connectivity index (χ3v) is 8.34. The number of benzene rings is 3. The number of rotatable bonds is 9. The molecule has 0 aromatic heterocycles. The van der Waals surface area contributed by atoms with E-state index in [1.807, 2.05) is 30.3 Å². The molecule has 3 aromatic rings. The lowest BCUT2D eigenvalue weighted by molar-refractivity contribution is -0.139. The van der Waals surface area contributed by atoms with Gasteiger partial charge >= 0.3 is 0 Å². The van der Waals surface area contributed by atoms with Gasteiger partial charge in [-0.15, -0.1) is 0 Å². The van der Waals surface area contributed by atoms with Gasteiger partial charge in [0, 0.05) is 45.2 Å². The fourth-order valence-corrected chi connectivity index (χ4v) is 5.94. The number of hydrogen-bond donors (Lipinski definition) is 0. The highest BCUT2D eigenvalue weighted by Crippen LogP contribution is 2.33. The van der Waals surface area contributed by atoms with Gasteiger partial charge < -0.3 is 23.8 Å². The molecule has 8 nitrogen and oxygen atoms in total. The molecule has 0 bridgehead atoms. The number of carbonyl (C=O) groups is 1. The van der Waals surface area contributed by atoms with Crippen LogP contribution in [0, 0.1) is 5.92 Å². The zero-order valence-corrected chi connectivity index (χ0v) is 23.8. The summed E-state index contributed by atoms with van der Waals surface area (Å²) in [6.07, 6.45) is 1.82. The van der Waals surface area contributed by atoms with E-state index < -0.39 is 0 Å². The molecule has 0 radical (unpaired) electrons. The Morgan fingerprint density at radius 3 is 2.20 bits per heavy atom. The largest absolute Gasteiger partial charge is 0.493 e. The minimum absolute atomic E-state index is 0.120. The second-order valence-electron chi connectivity index (χ2n) is 11.1. The first-order valence-electron chi connectivity index (χ1n) is 14.6. The molecule has 2 saturated heterocycles. The molecule has 216 valence electrons. The van der Waals surface area contributed by atoms with E-state index in [0.717, 1.165) is 93.8 Å². The highest BCUT2D eigenvalue weighted by atomic mass is 16.7. The van der Waals surface area contributed by atoms with Crippen molar-refractivity contribution < 1.29 is 23.7 Å². The Morgan fingerprint density at radius 2 is 1.44 bits per heavy atom. The van der Waals surface area contributed by atoms with Gasteiger partial charge in [-0.3, -0.25) is 14.6 Å². The van der Waals surface area contributed by atoms with Crippen LogP contribution in [0.1, 0.15) is 29.5 Å². The van der Waals surface area contributed by atoms with Crippen LogP contribution in [0.4, 0.5) is 0 Å². The van der Waals surface area contributed by atoms with E-state index >= 15 is 0 Å². The predicted molar refractivity (Wildman–Crippen MR) is 156 cm³/mol. The highest BCUT2D eigenvalue weighted by Gasteiger charge is 2.30. The molecular weight excluding hydrogens is 518 g/mol. The van der Waals surface area contributed by atoms with E-state index in [0.29, 0.717) is 19.3 Å². The number of piperidine rings is 1. The molecule has 3 aliphatic rings. The average Bonchev–Trinajstić information content (AvgIpc) is 3.49. The van der Waals surface area contributed by atoms with Crippen molar-refractivity contribution in [3.05, 3.63) is 83.4 Å². The number of carbonyl (C=O) groups excluding carboxylic acids is 1. The maximum absolute atomic E-state index is 13.3. The maximum Gasteiger partial charge on any atom is 0.231 e. The standard InChI is InChI=1S/C33H39N3O5/c1-38-31-19-26(7-9-29(31)39-23-25-5-3-2-4-6-25)21-34-13-11-28(12-14-34)33(37)36-17-15-35(16-18-36)22-27-8-10-30-32(20-27)41-24-40-30/h2-10,19-20,28H,11-18,21-24H2,1H3. The first kappa shape index (κ1) is 27.4. The molecule has 0 atom stereocenters. The lowest BCUT2D eigenvalue weighted by atomic mass is 9.94. The topological polar surface area (TPSA) is 63.7 Å². The molecule has 8 heteroatoms. The summed E-state index contributed by atoms with van der Waals surface area (Å²) in [5.74, 6) is 3.59. The summed E-state index contributed by atoms with van der Waals surface area (Å²) in [4.78, 5) is 20.3. The summed E-state index contributed by atoms with van der Waals surface area (Å²) in [7, 11) is 1.68. The Balaban J connectivity index is 0.941. The summed E-state index contributed by atoms with van der Waals surface area (Å²) in [5.41, 5.74) is 3.53. The van der Waals surface area contributed by atoms with Gasteiger partial charge in [-0.25, -0.2) is 0 Å². The van der Waals surface area contributed by atoms with E-state index in [1.54, 1.807) is 7.11 Å². The molecule has 2 fully saturated rings. The third kappa shape index (κ3) is 6.77. The van der Waals surface area contributed by atoms with Crippen LogP contribution in [0.2, 0.25) is 0 Å². The SMILES string of the molecule is COc1cc(CN2CCC(C(=O)N3CCN(Cc4ccc5c(c4)OCO5)CC3)CC2)ccc1OCc1ccccc1. The summed E-state index contributed by atoms with van der Waals surface area (Å²) in [6.45, 7) is 7.74. The Hall–Kier alpha value is -3.75. The molecule has 3 aliphatic heterocycles. The van der Waals surface area contributed by atoms with E-state index in [9.17, 15) is 4.79 Å². The lowest BCUT2D eigenvalue weighted by Gasteiger charge is -2.38. The Kier molecular flexibility index (Phi) is 8.58. The highest BCUT2D eigenvalue weighted by molar-refractivity contribution is 5.79. The number of methoxy groups -OCH3 is 1. The molecule has 1 amide bonds. The molecule has 6 rings (SSSR count). The van der Waals surface area contributed by atoms with Crippen LogP contribution in [0.15, 0.2) is 66.7 Å². The van der Waals surface area contributed by atoms with Gasteiger partial charge in [-0.1, -0.05) is 42.5 Å². The van der Waals surface area contributed by atoms with Gasteiger partial charge in [0.1, 0.15) is 6.61 Å². The molecule has 0 aliphatic carbocycles. The predicted octanol–water partition coefficient (Wildman–Crippen LogP) is 4.56. The van der Waals surface area contributed by atoms with Crippen molar-refractivity contribution in [1.82, 2.24) is 14.7 Å². The fourth-order valence-electron chi connectivity index (χ4n) is 5.94. The molecule has 0 saturated carbocycles. The summed E-state index contributed by atoms with van der Waals surface area (Å²) >= 11 is 0. The maximum atomic E-state index is 13.3. The number of ether oxygens (including phenoxy) is 4. The average molecular weight is 558 g/mol. The Labute approximate surface area is 242 Å². The molecular formula is C33H39N3O5. The van der Waals surface area contributed by atoms with Gasteiger partial charge in [0.05, 0.1) is 7.11 Å². The fraction of sp³-hybridized carbons (Fsp3) is 0.424. The molecule has 0 N–H and O–H groups in total. The summed E-state index contributed by atoms with van der Waals surface area (Å²) in [6, 6.07) is 22.5. The third-order valence-electron chi connectivity index (χ3n) is 8.34. The van der Waals surface area contributed by atoms with Crippen LogP contribution in [-0.2, 0) is 24.5 Å². The molecule has 0 spiro atoms. The van der Waals surface area contributed by atoms with Crippen LogP contribution in [0.3, 0.4) is 0 Å².